The quantitative estimate of drug-likeness (QED) is 0.571. The van der Waals surface area contributed by atoms with Crippen LogP contribution in [0, 0.1) is 11.8 Å². The first-order valence-corrected chi connectivity index (χ1v) is 6.67. The SMILES string of the molecule is CC1=C(C)C[C@H]2C(=O)N(c3ccccc3)C(=O)[C@@H]2C1. The molecule has 2 amide bonds. The van der Waals surface area contributed by atoms with Gasteiger partial charge in [0.1, 0.15) is 0 Å². The summed E-state index contributed by atoms with van der Waals surface area (Å²) in [5.41, 5.74) is 3.22. The van der Waals surface area contributed by atoms with Crippen molar-refractivity contribution in [2.75, 3.05) is 4.90 Å². The Kier molecular flexibility index (Phi) is 2.77. The summed E-state index contributed by atoms with van der Waals surface area (Å²) < 4.78 is 0. The molecule has 3 nitrogen and oxygen atoms in total. The lowest BCUT2D eigenvalue weighted by atomic mass is 9.78. The number of benzene rings is 1. The van der Waals surface area contributed by atoms with Crippen LogP contribution in [0.25, 0.3) is 0 Å². The Bertz CT molecular complexity index is 542. The molecule has 1 aliphatic carbocycles. The van der Waals surface area contributed by atoms with Gasteiger partial charge < -0.3 is 0 Å². The van der Waals surface area contributed by atoms with Crippen LogP contribution in [0.1, 0.15) is 26.7 Å². The first kappa shape index (κ1) is 12.2. The van der Waals surface area contributed by atoms with Gasteiger partial charge >= 0.3 is 0 Å². The van der Waals surface area contributed by atoms with Crippen molar-refractivity contribution in [2.24, 2.45) is 11.8 Å². The molecule has 2 atom stereocenters. The Morgan fingerprint density at radius 3 is 1.84 bits per heavy atom. The van der Waals surface area contributed by atoms with Crippen LogP contribution in [0.3, 0.4) is 0 Å². The van der Waals surface area contributed by atoms with E-state index in [4.69, 9.17) is 0 Å². The molecule has 0 unspecified atom stereocenters. The molecular formula is C16H17NO2. The number of carbonyl (C=O) groups excluding carboxylic acids is 2. The molecule has 0 bridgehead atoms. The number of allylic oxidation sites excluding steroid dienone is 2. The van der Waals surface area contributed by atoms with Gasteiger partial charge in [-0.05, 0) is 38.8 Å². The molecule has 0 spiro atoms. The molecule has 3 heteroatoms. The number of anilines is 1. The standard InChI is InChI=1S/C16H17NO2/c1-10-8-13-14(9-11(10)2)16(19)17(15(13)18)12-6-4-3-5-7-12/h3-7,13-14H,8-9H2,1-2H3/t13-,14-/m1/s1. The minimum atomic E-state index is -0.156. The number of hydrogen-bond donors (Lipinski definition) is 0. The summed E-state index contributed by atoms with van der Waals surface area (Å²) in [6.45, 7) is 4.13. The Hall–Kier alpha value is -1.90. The van der Waals surface area contributed by atoms with Gasteiger partial charge in [-0.15, -0.1) is 0 Å². The molecule has 0 N–H and O–H groups in total. The number of nitrogens with zero attached hydrogens (tertiary/aromatic N) is 1. The van der Waals surface area contributed by atoms with Crippen molar-refractivity contribution in [3.8, 4) is 0 Å². The van der Waals surface area contributed by atoms with E-state index in [9.17, 15) is 9.59 Å². The lowest BCUT2D eigenvalue weighted by Gasteiger charge is -2.23. The highest BCUT2D eigenvalue weighted by Gasteiger charge is 2.49. The maximum absolute atomic E-state index is 12.5. The molecule has 1 heterocycles. The maximum atomic E-state index is 12.5. The Balaban J connectivity index is 1.97. The van der Waals surface area contributed by atoms with E-state index in [1.54, 1.807) is 0 Å². The minimum absolute atomic E-state index is 0.0342. The van der Waals surface area contributed by atoms with Gasteiger partial charge in [-0.2, -0.15) is 0 Å². The molecule has 98 valence electrons. The van der Waals surface area contributed by atoms with E-state index in [1.165, 1.54) is 16.0 Å². The summed E-state index contributed by atoms with van der Waals surface area (Å²) in [6.07, 6.45) is 1.45. The van der Waals surface area contributed by atoms with E-state index in [-0.39, 0.29) is 23.7 Å². The van der Waals surface area contributed by atoms with E-state index in [0.29, 0.717) is 5.69 Å². The second-order valence-corrected chi connectivity index (χ2v) is 5.53. The molecule has 0 radical (unpaired) electrons. The summed E-state index contributed by atoms with van der Waals surface area (Å²) in [5, 5.41) is 0. The average Bonchev–Trinajstić information content (AvgIpc) is 2.64. The zero-order chi connectivity index (χ0) is 13.6. The van der Waals surface area contributed by atoms with Crippen molar-refractivity contribution in [1.82, 2.24) is 0 Å². The molecule has 1 aromatic carbocycles. The Morgan fingerprint density at radius 1 is 0.895 bits per heavy atom. The molecule has 2 aliphatic rings. The Morgan fingerprint density at radius 2 is 1.37 bits per heavy atom. The molecule has 3 rings (SSSR count). The van der Waals surface area contributed by atoms with Crippen molar-refractivity contribution in [3.63, 3.8) is 0 Å². The fraction of sp³-hybridized carbons (Fsp3) is 0.375. The molecule has 0 aromatic heterocycles. The summed E-state index contributed by atoms with van der Waals surface area (Å²) >= 11 is 0. The number of carbonyl (C=O) groups is 2. The van der Waals surface area contributed by atoms with E-state index >= 15 is 0 Å². The van der Waals surface area contributed by atoms with Gasteiger partial charge in [0.15, 0.2) is 0 Å². The Labute approximate surface area is 112 Å². The largest absolute Gasteiger partial charge is 0.274 e. The number of amides is 2. The van der Waals surface area contributed by atoms with Crippen LogP contribution in [0.5, 0.6) is 0 Å². The smallest absolute Gasteiger partial charge is 0.238 e. The van der Waals surface area contributed by atoms with Gasteiger partial charge in [0.05, 0.1) is 17.5 Å². The van der Waals surface area contributed by atoms with Gasteiger partial charge in [-0.25, -0.2) is 0 Å². The molecule has 1 saturated heterocycles. The van der Waals surface area contributed by atoms with Crippen LogP contribution in [-0.2, 0) is 9.59 Å². The fourth-order valence-corrected chi connectivity index (χ4v) is 3.08. The van der Waals surface area contributed by atoms with E-state index in [0.717, 1.165) is 12.8 Å². The molecule has 0 saturated carbocycles. The highest BCUT2D eigenvalue weighted by molar-refractivity contribution is 6.22. The average molecular weight is 255 g/mol. The molecule has 1 fully saturated rings. The van der Waals surface area contributed by atoms with Crippen LogP contribution in [-0.4, -0.2) is 11.8 Å². The van der Waals surface area contributed by atoms with E-state index in [2.05, 4.69) is 13.8 Å². The number of hydrogen-bond acceptors (Lipinski definition) is 2. The lowest BCUT2D eigenvalue weighted by molar-refractivity contribution is -0.122. The number of para-hydroxylation sites is 1. The minimum Gasteiger partial charge on any atom is -0.274 e. The third-order valence-corrected chi connectivity index (χ3v) is 4.36. The van der Waals surface area contributed by atoms with E-state index in [1.807, 2.05) is 30.3 Å². The molecule has 1 aromatic rings. The molecule has 1 aliphatic heterocycles. The van der Waals surface area contributed by atoms with Gasteiger partial charge in [0.25, 0.3) is 0 Å². The summed E-state index contributed by atoms with van der Waals surface area (Å²) in [7, 11) is 0. The first-order valence-electron chi connectivity index (χ1n) is 6.67. The van der Waals surface area contributed by atoms with Gasteiger partial charge in [-0.1, -0.05) is 29.3 Å². The van der Waals surface area contributed by atoms with Crippen LogP contribution in [0.15, 0.2) is 41.5 Å². The van der Waals surface area contributed by atoms with Crippen molar-refractivity contribution >= 4 is 17.5 Å². The monoisotopic (exact) mass is 255 g/mol. The second-order valence-electron chi connectivity index (χ2n) is 5.53. The second kappa shape index (κ2) is 4.34. The van der Waals surface area contributed by atoms with Crippen molar-refractivity contribution < 1.29 is 9.59 Å². The maximum Gasteiger partial charge on any atom is 0.238 e. The predicted molar refractivity (Wildman–Crippen MR) is 73.5 cm³/mol. The number of fused-ring (bicyclic) bond motifs is 1. The zero-order valence-corrected chi connectivity index (χ0v) is 11.2. The first-order chi connectivity index (χ1) is 9.09. The van der Waals surface area contributed by atoms with Gasteiger partial charge in [0, 0.05) is 0 Å². The summed E-state index contributed by atoms with van der Waals surface area (Å²) in [5.74, 6) is -0.381. The van der Waals surface area contributed by atoms with Crippen LogP contribution >= 0.6 is 0 Å². The molecular weight excluding hydrogens is 238 g/mol. The normalized spacial score (nSPS) is 26.9. The third kappa shape index (κ3) is 1.81. The number of imide groups is 1. The predicted octanol–water partition coefficient (Wildman–Crippen LogP) is 2.92. The summed E-state index contributed by atoms with van der Waals surface area (Å²) in [4.78, 5) is 26.3. The van der Waals surface area contributed by atoms with Crippen LogP contribution in [0.4, 0.5) is 5.69 Å². The molecule has 19 heavy (non-hydrogen) atoms. The topological polar surface area (TPSA) is 37.4 Å². The van der Waals surface area contributed by atoms with Crippen LogP contribution in [0.2, 0.25) is 0 Å². The van der Waals surface area contributed by atoms with Crippen LogP contribution < -0.4 is 4.90 Å². The third-order valence-electron chi connectivity index (χ3n) is 4.36. The zero-order valence-electron chi connectivity index (χ0n) is 11.2. The van der Waals surface area contributed by atoms with Crippen molar-refractivity contribution in [3.05, 3.63) is 41.5 Å². The van der Waals surface area contributed by atoms with E-state index < -0.39 is 0 Å². The highest BCUT2D eigenvalue weighted by atomic mass is 16.2. The fourth-order valence-electron chi connectivity index (χ4n) is 3.08. The lowest BCUT2D eigenvalue weighted by Crippen LogP contribution is -2.30. The summed E-state index contributed by atoms with van der Waals surface area (Å²) in [6, 6.07) is 9.23. The van der Waals surface area contributed by atoms with Crippen molar-refractivity contribution in [1.29, 1.82) is 0 Å². The van der Waals surface area contributed by atoms with Gasteiger partial charge in [0.2, 0.25) is 11.8 Å². The number of rotatable bonds is 1. The van der Waals surface area contributed by atoms with Crippen molar-refractivity contribution in [2.45, 2.75) is 26.7 Å². The highest BCUT2D eigenvalue weighted by Crippen LogP contribution is 2.42. The van der Waals surface area contributed by atoms with Gasteiger partial charge in [-0.3, -0.25) is 14.5 Å².